The van der Waals surface area contributed by atoms with E-state index in [1.165, 1.54) is 12.8 Å². The summed E-state index contributed by atoms with van der Waals surface area (Å²) < 4.78 is 26.9. The summed E-state index contributed by atoms with van der Waals surface area (Å²) in [4.78, 5) is 0. The van der Waals surface area contributed by atoms with E-state index in [2.05, 4.69) is 11.6 Å². The molecule has 0 atom stereocenters. The highest BCUT2D eigenvalue weighted by Gasteiger charge is 2.30. The first-order valence-corrected chi connectivity index (χ1v) is 8.36. The quantitative estimate of drug-likeness (QED) is 0.814. The minimum atomic E-state index is -3.31. The Hall–Kier alpha value is -1.07. The maximum Gasteiger partial charge on any atom is 0.215 e. The first-order chi connectivity index (χ1) is 8.90. The molecule has 2 rings (SSSR count). The fraction of sp³-hybridized carbons (Fsp3) is 0.571. The third kappa shape index (κ3) is 3.94. The molecule has 0 amide bonds. The van der Waals surface area contributed by atoms with Crippen molar-refractivity contribution in [1.29, 1.82) is 0 Å². The first kappa shape index (κ1) is 14.3. The van der Waals surface area contributed by atoms with Gasteiger partial charge in [-0.1, -0.05) is 38.0 Å². The molecule has 1 aliphatic rings. The molecule has 1 aliphatic carbocycles. The molecule has 4 nitrogen and oxygen atoms in total. The number of hydrogen-bond donors (Lipinski definition) is 2. The molecule has 0 aliphatic heterocycles. The van der Waals surface area contributed by atoms with E-state index in [0.29, 0.717) is 17.8 Å². The minimum absolute atomic E-state index is 0.0459. The highest BCUT2D eigenvalue weighted by Crippen LogP contribution is 2.36. The van der Waals surface area contributed by atoms with Crippen LogP contribution in [-0.2, 0) is 15.8 Å². The molecule has 0 spiro atoms. The number of nitrogens with two attached hydrogens (primary N) is 1. The smallest absolute Gasteiger partial charge is 0.215 e. The molecule has 1 aromatic carbocycles. The van der Waals surface area contributed by atoms with E-state index in [1.807, 2.05) is 0 Å². The van der Waals surface area contributed by atoms with Gasteiger partial charge in [-0.05, 0) is 29.9 Å². The van der Waals surface area contributed by atoms with Crippen molar-refractivity contribution in [2.45, 2.75) is 38.4 Å². The number of nitrogens with one attached hydrogen (secondary N) is 1. The maximum absolute atomic E-state index is 12.1. The van der Waals surface area contributed by atoms with Gasteiger partial charge in [0.25, 0.3) is 0 Å². The lowest BCUT2D eigenvalue weighted by molar-refractivity contribution is 0.336. The van der Waals surface area contributed by atoms with E-state index in [1.54, 1.807) is 24.3 Å². The van der Waals surface area contributed by atoms with Gasteiger partial charge >= 0.3 is 0 Å². The zero-order chi connectivity index (χ0) is 13.9. The molecule has 19 heavy (non-hydrogen) atoms. The summed E-state index contributed by atoms with van der Waals surface area (Å²) in [6, 6.07) is 7.09. The second kappa shape index (κ2) is 5.51. The number of anilines is 1. The van der Waals surface area contributed by atoms with Gasteiger partial charge in [-0.15, -0.1) is 0 Å². The van der Waals surface area contributed by atoms with Gasteiger partial charge in [0.15, 0.2) is 0 Å². The summed E-state index contributed by atoms with van der Waals surface area (Å²) in [5.41, 5.74) is 7.09. The fourth-order valence-corrected chi connectivity index (χ4v) is 3.95. The van der Waals surface area contributed by atoms with Crippen LogP contribution in [0.3, 0.4) is 0 Å². The number of benzene rings is 1. The van der Waals surface area contributed by atoms with Gasteiger partial charge in [-0.3, -0.25) is 0 Å². The third-order valence-electron chi connectivity index (χ3n) is 3.93. The number of nitrogen functional groups attached to an aromatic ring is 1. The molecule has 0 saturated heterocycles. The zero-order valence-electron chi connectivity index (χ0n) is 11.4. The van der Waals surface area contributed by atoms with Crippen LogP contribution >= 0.6 is 0 Å². The van der Waals surface area contributed by atoms with Gasteiger partial charge in [-0.2, -0.15) is 0 Å². The molecular weight excluding hydrogens is 260 g/mol. The second-order valence-electron chi connectivity index (χ2n) is 5.80. The Balaban J connectivity index is 1.97. The number of sulfonamides is 1. The maximum atomic E-state index is 12.1. The Morgan fingerprint density at radius 3 is 2.53 bits per heavy atom. The van der Waals surface area contributed by atoms with Crippen molar-refractivity contribution >= 4 is 15.7 Å². The molecule has 1 fully saturated rings. The zero-order valence-corrected chi connectivity index (χ0v) is 12.2. The van der Waals surface area contributed by atoms with Crippen molar-refractivity contribution in [3.05, 3.63) is 29.8 Å². The Morgan fingerprint density at radius 1 is 1.26 bits per heavy atom. The van der Waals surface area contributed by atoms with Gasteiger partial charge in [0.05, 0.1) is 5.75 Å². The SMILES string of the molecule is CC1(CNS(=O)(=O)Cc2ccccc2N)CCCC1. The summed E-state index contributed by atoms with van der Waals surface area (Å²) in [6.45, 7) is 2.68. The van der Waals surface area contributed by atoms with Crippen LogP contribution in [0.4, 0.5) is 5.69 Å². The average Bonchev–Trinajstić information content (AvgIpc) is 2.78. The lowest BCUT2D eigenvalue weighted by Crippen LogP contribution is -2.34. The van der Waals surface area contributed by atoms with Gasteiger partial charge < -0.3 is 5.73 Å². The van der Waals surface area contributed by atoms with Crippen molar-refractivity contribution in [1.82, 2.24) is 4.72 Å². The highest BCUT2D eigenvalue weighted by molar-refractivity contribution is 7.88. The Kier molecular flexibility index (Phi) is 4.16. The lowest BCUT2D eigenvalue weighted by Gasteiger charge is -2.23. The summed E-state index contributed by atoms with van der Waals surface area (Å²) in [5, 5.41) is 0. The molecular formula is C14H22N2O2S. The normalized spacial score (nSPS) is 18.6. The third-order valence-corrected chi connectivity index (χ3v) is 5.21. The monoisotopic (exact) mass is 282 g/mol. The fourth-order valence-electron chi connectivity index (χ4n) is 2.61. The van der Waals surface area contributed by atoms with Crippen LogP contribution in [0.2, 0.25) is 0 Å². The van der Waals surface area contributed by atoms with Crippen LogP contribution in [0.15, 0.2) is 24.3 Å². The predicted molar refractivity (Wildman–Crippen MR) is 78.1 cm³/mol. The average molecular weight is 282 g/mol. The first-order valence-electron chi connectivity index (χ1n) is 6.71. The molecule has 3 N–H and O–H groups in total. The summed E-state index contributed by atoms with van der Waals surface area (Å²) >= 11 is 0. The van der Waals surface area contributed by atoms with Gasteiger partial charge in [0.1, 0.15) is 0 Å². The van der Waals surface area contributed by atoms with Gasteiger partial charge in [0, 0.05) is 12.2 Å². The number of para-hydroxylation sites is 1. The van der Waals surface area contributed by atoms with Crippen molar-refractivity contribution < 1.29 is 8.42 Å². The number of hydrogen-bond acceptors (Lipinski definition) is 3. The molecule has 0 radical (unpaired) electrons. The highest BCUT2D eigenvalue weighted by atomic mass is 32.2. The van der Waals surface area contributed by atoms with Crippen molar-refractivity contribution in [3.63, 3.8) is 0 Å². The molecule has 5 heteroatoms. The van der Waals surface area contributed by atoms with E-state index >= 15 is 0 Å². The van der Waals surface area contributed by atoms with Crippen LogP contribution < -0.4 is 10.5 Å². The van der Waals surface area contributed by atoms with E-state index in [-0.39, 0.29) is 11.2 Å². The summed E-state index contributed by atoms with van der Waals surface area (Å²) in [6.07, 6.45) is 4.60. The van der Waals surface area contributed by atoms with E-state index in [4.69, 9.17) is 5.73 Å². The van der Waals surface area contributed by atoms with E-state index < -0.39 is 10.0 Å². The summed E-state index contributed by atoms with van der Waals surface area (Å²) in [5.74, 6) is -0.0459. The molecule has 0 unspecified atom stereocenters. The van der Waals surface area contributed by atoms with Crippen LogP contribution in [0.25, 0.3) is 0 Å². The molecule has 1 saturated carbocycles. The van der Waals surface area contributed by atoms with Gasteiger partial charge in [-0.25, -0.2) is 13.1 Å². The molecule has 0 heterocycles. The van der Waals surface area contributed by atoms with Crippen LogP contribution in [0.5, 0.6) is 0 Å². The van der Waals surface area contributed by atoms with Crippen LogP contribution in [0.1, 0.15) is 38.2 Å². The van der Waals surface area contributed by atoms with Crippen LogP contribution in [0, 0.1) is 5.41 Å². The molecule has 0 aromatic heterocycles. The largest absolute Gasteiger partial charge is 0.398 e. The number of rotatable bonds is 5. The standard InChI is InChI=1S/C14H22N2O2S/c1-14(8-4-5-9-14)11-16-19(17,18)10-12-6-2-3-7-13(12)15/h2-3,6-7,16H,4-5,8-11,15H2,1H3. The predicted octanol–water partition coefficient (Wildman–Crippen LogP) is 2.27. The lowest BCUT2D eigenvalue weighted by atomic mass is 9.89. The van der Waals surface area contributed by atoms with Crippen molar-refractivity contribution in [2.24, 2.45) is 5.41 Å². The molecule has 0 bridgehead atoms. The molecule has 1 aromatic rings. The van der Waals surface area contributed by atoms with E-state index in [0.717, 1.165) is 12.8 Å². The topological polar surface area (TPSA) is 72.2 Å². The second-order valence-corrected chi connectivity index (χ2v) is 7.60. The van der Waals surface area contributed by atoms with Crippen LogP contribution in [-0.4, -0.2) is 15.0 Å². The Bertz CT molecular complexity index is 534. The van der Waals surface area contributed by atoms with E-state index in [9.17, 15) is 8.42 Å². The van der Waals surface area contributed by atoms with Crippen molar-refractivity contribution in [2.75, 3.05) is 12.3 Å². The minimum Gasteiger partial charge on any atom is -0.398 e. The Morgan fingerprint density at radius 2 is 1.89 bits per heavy atom. The Labute approximate surface area is 115 Å². The summed E-state index contributed by atoms with van der Waals surface area (Å²) in [7, 11) is -3.31. The molecule has 106 valence electrons. The van der Waals surface area contributed by atoms with Crippen molar-refractivity contribution in [3.8, 4) is 0 Å². The van der Waals surface area contributed by atoms with Gasteiger partial charge in [0.2, 0.25) is 10.0 Å².